The van der Waals surface area contributed by atoms with E-state index in [0.717, 1.165) is 22.4 Å². The van der Waals surface area contributed by atoms with Crippen molar-refractivity contribution in [3.63, 3.8) is 0 Å². The smallest absolute Gasteiger partial charge is 0.292 e. The Bertz CT molecular complexity index is 1350. The summed E-state index contributed by atoms with van der Waals surface area (Å²) in [5.74, 6) is -0.554. The van der Waals surface area contributed by atoms with Crippen LogP contribution in [0, 0.1) is 5.82 Å². The van der Waals surface area contributed by atoms with Crippen molar-refractivity contribution in [2.45, 2.75) is 13.5 Å². The molecule has 0 unspecified atom stereocenters. The third kappa shape index (κ3) is 7.64. The molecule has 0 saturated carbocycles. The number of hydrogen-bond donors (Lipinski definition) is 1. The van der Waals surface area contributed by atoms with Gasteiger partial charge >= 0.3 is 0 Å². The van der Waals surface area contributed by atoms with Gasteiger partial charge in [0.05, 0.1) is 13.7 Å². The van der Waals surface area contributed by atoms with E-state index in [0.29, 0.717) is 29.8 Å². The van der Waals surface area contributed by atoms with E-state index in [1.165, 1.54) is 19.2 Å². The minimum Gasteiger partial charge on any atom is -0.471 e. The highest BCUT2D eigenvalue weighted by Crippen LogP contribution is 2.26. The maximum absolute atomic E-state index is 14.4. The molecule has 0 spiro atoms. The molecule has 4 aromatic carbocycles. The number of anilines is 2. The van der Waals surface area contributed by atoms with Crippen molar-refractivity contribution in [2.24, 2.45) is 0 Å². The zero-order chi connectivity index (χ0) is 27.3. The molecule has 0 heterocycles. The summed E-state index contributed by atoms with van der Waals surface area (Å²) in [5, 5.41) is 3.12. The number of nitrogens with zero attached hydrogens (tertiary/aromatic N) is 1. The fraction of sp³-hybridized carbons (Fsp3) is 0.125. The molecule has 0 saturated heterocycles. The molecule has 0 aliphatic rings. The Kier molecular flexibility index (Phi) is 10.4. The average Bonchev–Trinajstić information content (AvgIpc) is 2.96. The molecule has 0 bridgehead atoms. The first-order valence-electron chi connectivity index (χ1n) is 12.1. The number of methoxy groups -OCH3 is 1. The summed E-state index contributed by atoms with van der Waals surface area (Å²) >= 11 is 0. The second-order valence-corrected chi connectivity index (χ2v) is 8.36. The minimum atomic E-state index is -0.378. The normalized spacial score (nSPS) is 10.3. The maximum atomic E-state index is 14.4. The first-order valence-corrected chi connectivity index (χ1v) is 12.1. The lowest BCUT2D eigenvalue weighted by molar-refractivity contribution is -0.126. The molecular weight excluding hydrogens is 479 g/mol. The minimum absolute atomic E-state index is 0.177. The maximum Gasteiger partial charge on any atom is 0.292 e. The highest BCUT2D eigenvalue weighted by atomic mass is 19.1. The van der Waals surface area contributed by atoms with Crippen LogP contribution in [-0.2, 0) is 16.1 Å². The van der Waals surface area contributed by atoms with Gasteiger partial charge in [0.2, 0.25) is 0 Å². The highest BCUT2D eigenvalue weighted by Gasteiger charge is 2.19. The van der Waals surface area contributed by atoms with Crippen LogP contribution in [0.4, 0.5) is 15.8 Å². The van der Waals surface area contributed by atoms with Crippen molar-refractivity contribution in [1.29, 1.82) is 0 Å². The molecule has 0 radical (unpaired) electrons. The van der Waals surface area contributed by atoms with Crippen LogP contribution in [0.1, 0.15) is 28.4 Å². The SMILES string of the molecule is C/C=C/c1cc(F)cc(N(Cc2ccc(-c3ccc(NC)cc3)cc2)C(=O)c2ccccc2)c1.COC=O. The number of rotatable bonds is 8. The topological polar surface area (TPSA) is 58.6 Å². The van der Waals surface area contributed by atoms with E-state index in [-0.39, 0.29) is 11.7 Å². The monoisotopic (exact) mass is 510 g/mol. The number of amides is 1. The van der Waals surface area contributed by atoms with Gasteiger partial charge < -0.3 is 15.0 Å². The number of hydrogen-bond acceptors (Lipinski definition) is 4. The van der Waals surface area contributed by atoms with E-state index < -0.39 is 0 Å². The number of benzene rings is 4. The molecule has 1 N–H and O–H groups in total. The van der Waals surface area contributed by atoms with Gasteiger partial charge in [0.1, 0.15) is 5.82 Å². The Morgan fingerprint density at radius 1 is 0.921 bits per heavy atom. The second kappa shape index (κ2) is 14.1. The van der Waals surface area contributed by atoms with Gasteiger partial charge in [-0.3, -0.25) is 9.59 Å². The summed E-state index contributed by atoms with van der Waals surface area (Å²) in [7, 11) is 3.21. The molecule has 0 aromatic heterocycles. The molecule has 38 heavy (non-hydrogen) atoms. The number of halogens is 1. The van der Waals surface area contributed by atoms with Crippen molar-refractivity contribution < 1.29 is 18.7 Å². The van der Waals surface area contributed by atoms with Crippen LogP contribution in [0.15, 0.2) is 103 Å². The van der Waals surface area contributed by atoms with Crippen LogP contribution in [-0.4, -0.2) is 26.5 Å². The first-order chi connectivity index (χ1) is 18.5. The van der Waals surface area contributed by atoms with Crippen LogP contribution >= 0.6 is 0 Å². The molecule has 4 rings (SSSR count). The molecule has 1 amide bonds. The zero-order valence-electron chi connectivity index (χ0n) is 21.7. The second-order valence-electron chi connectivity index (χ2n) is 8.36. The summed E-state index contributed by atoms with van der Waals surface area (Å²) in [6.07, 6.45) is 3.68. The number of allylic oxidation sites excluding steroid dienone is 1. The Morgan fingerprint density at radius 3 is 2.08 bits per heavy atom. The molecule has 0 fully saturated rings. The summed E-state index contributed by atoms with van der Waals surface area (Å²) in [6, 6.07) is 30.1. The van der Waals surface area contributed by atoms with Crippen LogP contribution < -0.4 is 10.2 Å². The predicted octanol–water partition coefficient (Wildman–Crippen LogP) is 7.20. The molecule has 0 aliphatic heterocycles. The molecule has 6 heteroatoms. The molecule has 5 nitrogen and oxygen atoms in total. The van der Waals surface area contributed by atoms with Gasteiger partial charge in [0, 0.05) is 24.0 Å². The zero-order valence-corrected chi connectivity index (χ0v) is 21.7. The Balaban J connectivity index is 0.000000934. The highest BCUT2D eigenvalue weighted by molar-refractivity contribution is 6.06. The first kappa shape index (κ1) is 27.9. The van der Waals surface area contributed by atoms with Crippen molar-refractivity contribution >= 4 is 29.8 Å². The van der Waals surface area contributed by atoms with Gasteiger partial charge in [-0.05, 0) is 71.6 Å². The average molecular weight is 511 g/mol. The number of ether oxygens (including phenoxy) is 1. The standard InChI is InChI=1S/C30H27FN2O.C2H4O2/c1-3-7-23-18-27(31)20-29(19-23)33(30(34)26-8-5-4-6-9-26)21-22-10-12-24(13-11-22)25-14-16-28(32-2)17-15-25;1-4-2-3/h3-20,32H,21H2,1-2H3;2H,1H3/b7-3+;. The summed E-state index contributed by atoms with van der Waals surface area (Å²) in [4.78, 5) is 24.0. The fourth-order valence-corrected chi connectivity index (χ4v) is 3.87. The van der Waals surface area contributed by atoms with Crippen molar-refractivity contribution in [2.75, 3.05) is 24.4 Å². The Labute approximate surface area is 223 Å². The largest absolute Gasteiger partial charge is 0.471 e. The van der Waals surface area contributed by atoms with E-state index in [4.69, 9.17) is 4.79 Å². The third-order valence-electron chi connectivity index (χ3n) is 5.74. The Morgan fingerprint density at radius 2 is 1.53 bits per heavy atom. The lowest BCUT2D eigenvalue weighted by Crippen LogP contribution is -2.30. The van der Waals surface area contributed by atoms with E-state index in [2.05, 4.69) is 22.2 Å². The fourth-order valence-electron chi connectivity index (χ4n) is 3.87. The van der Waals surface area contributed by atoms with Gasteiger partial charge in [-0.25, -0.2) is 4.39 Å². The van der Waals surface area contributed by atoms with E-state index in [1.807, 2.05) is 86.8 Å². The summed E-state index contributed by atoms with van der Waals surface area (Å²) in [6.45, 7) is 2.58. The van der Waals surface area contributed by atoms with Gasteiger partial charge in [-0.2, -0.15) is 0 Å². The Hall–Kier alpha value is -4.71. The molecule has 0 atom stereocenters. The lowest BCUT2D eigenvalue weighted by atomic mass is 10.0. The predicted molar refractivity (Wildman–Crippen MR) is 153 cm³/mol. The van der Waals surface area contributed by atoms with Gasteiger partial charge in [0.25, 0.3) is 12.4 Å². The van der Waals surface area contributed by atoms with Crippen LogP contribution in [0.25, 0.3) is 17.2 Å². The third-order valence-corrected chi connectivity index (χ3v) is 5.74. The van der Waals surface area contributed by atoms with Crippen LogP contribution in [0.3, 0.4) is 0 Å². The molecule has 194 valence electrons. The van der Waals surface area contributed by atoms with E-state index in [9.17, 15) is 9.18 Å². The quantitative estimate of drug-likeness (QED) is 0.255. The van der Waals surface area contributed by atoms with Crippen molar-refractivity contribution in [3.05, 3.63) is 126 Å². The lowest BCUT2D eigenvalue weighted by Gasteiger charge is -2.24. The summed E-state index contributed by atoms with van der Waals surface area (Å²) in [5.41, 5.74) is 6.01. The van der Waals surface area contributed by atoms with Crippen LogP contribution in [0.5, 0.6) is 0 Å². The molecular formula is C32H31FN2O3. The van der Waals surface area contributed by atoms with Crippen molar-refractivity contribution in [3.8, 4) is 11.1 Å². The number of carbonyl (C=O) groups excluding carboxylic acids is 2. The van der Waals surface area contributed by atoms with E-state index >= 15 is 0 Å². The number of carbonyl (C=O) groups is 2. The summed E-state index contributed by atoms with van der Waals surface area (Å²) < 4.78 is 18.3. The van der Waals surface area contributed by atoms with Crippen LogP contribution in [0.2, 0.25) is 0 Å². The van der Waals surface area contributed by atoms with Crippen molar-refractivity contribution in [1.82, 2.24) is 0 Å². The number of nitrogens with one attached hydrogen (secondary N) is 1. The van der Waals surface area contributed by atoms with Gasteiger partial charge in [0.15, 0.2) is 0 Å². The van der Waals surface area contributed by atoms with Gasteiger partial charge in [-0.15, -0.1) is 0 Å². The molecule has 4 aromatic rings. The van der Waals surface area contributed by atoms with E-state index in [1.54, 1.807) is 17.0 Å². The van der Waals surface area contributed by atoms with Gasteiger partial charge in [-0.1, -0.05) is 66.7 Å². The molecule has 0 aliphatic carbocycles.